The molecule has 0 bridgehead atoms. The quantitative estimate of drug-likeness (QED) is 0.698. The summed E-state index contributed by atoms with van der Waals surface area (Å²) in [7, 11) is -3.88. The van der Waals surface area contributed by atoms with Gasteiger partial charge in [-0.1, -0.05) is 35.7 Å². The van der Waals surface area contributed by atoms with Crippen LogP contribution in [0.5, 0.6) is 0 Å². The smallest absolute Gasteiger partial charge is 0.321 e. The number of nitrogens with one attached hydrogen (secondary N) is 1. The van der Waals surface area contributed by atoms with E-state index in [-0.39, 0.29) is 11.3 Å². The molecule has 112 valence electrons. The van der Waals surface area contributed by atoms with E-state index in [2.05, 4.69) is 36.6 Å². The van der Waals surface area contributed by atoms with Crippen LogP contribution in [0.15, 0.2) is 32.0 Å². The number of rotatable bonds is 7. The van der Waals surface area contributed by atoms with E-state index in [0.29, 0.717) is 10.9 Å². The van der Waals surface area contributed by atoms with Gasteiger partial charge in [0.05, 0.1) is 4.90 Å². The molecule has 0 aromatic heterocycles. The molecule has 0 spiro atoms. The van der Waals surface area contributed by atoms with Crippen LogP contribution in [0.4, 0.5) is 0 Å². The average molecular weight is 429 g/mol. The van der Waals surface area contributed by atoms with Gasteiger partial charge >= 0.3 is 5.97 Å². The van der Waals surface area contributed by atoms with Crippen LogP contribution in [-0.2, 0) is 14.8 Å². The van der Waals surface area contributed by atoms with E-state index in [0.717, 1.165) is 10.9 Å². The Bertz CT molecular complexity index is 589. The lowest BCUT2D eigenvalue weighted by molar-refractivity contribution is -0.139. The minimum atomic E-state index is -3.88. The summed E-state index contributed by atoms with van der Waals surface area (Å²) in [5.41, 5.74) is 0. The van der Waals surface area contributed by atoms with E-state index in [4.69, 9.17) is 5.11 Å². The Morgan fingerprint density at radius 2 is 2.05 bits per heavy atom. The molecule has 1 aromatic carbocycles. The summed E-state index contributed by atoms with van der Waals surface area (Å²) in [6.45, 7) is 1.92. The van der Waals surface area contributed by atoms with Crippen LogP contribution >= 0.6 is 31.9 Å². The summed E-state index contributed by atoms with van der Waals surface area (Å²) >= 11 is 6.40. The molecule has 2 N–H and O–H groups in total. The van der Waals surface area contributed by atoms with Gasteiger partial charge < -0.3 is 5.11 Å². The first-order valence-corrected chi connectivity index (χ1v) is 9.05. The molecule has 0 saturated carbocycles. The topological polar surface area (TPSA) is 83.5 Å². The van der Waals surface area contributed by atoms with Crippen molar-refractivity contribution in [2.24, 2.45) is 0 Å². The Balaban J connectivity index is 3.00. The number of carbonyl (C=O) groups is 1. The van der Waals surface area contributed by atoms with Gasteiger partial charge in [0.15, 0.2) is 0 Å². The normalized spacial score (nSPS) is 13.2. The minimum Gasteiger partial charge on any atom is -0.480 e. The molecule has 0 aliphatic carbocycles. The number of sulfonamides is 1. The van der Waals surface area contributed by atoms with Gasteiger partial charge in [-0.3, -0.25) is 4.79 Å². The van der Waals surface area contributed by atoms with Crippen molar-refractivity contribution in [2.75, 3.05) is 0 Å². The van der Waals surface area contributed by atoms with Gasteiger partial charge in [-0.05, 0) is 40.5 Å². The molecule has 0 unspecified atom stereocenters. The van der Waals surface area contributed by atoms with Crippen LogP contribution in [0.2, 0.25) is 0 Å². The Hall–Kier alpha value is -0.440. The first-order chi connectivity index (χ1) is 9.27. The second kappa shape index (κ2) is 7.53. The van der Waals surface area contributed by atoms with Gasteiger partial charge in [0, 0.05) is 8.95 Å². The number of carboxylic acids is 1. The lowest BCUT2D eigenvalue weighted by Crippen LogP contribution is -2.40. The second-order valence-electron chi connectivity index (χ2n) is 4.23. The van der Waals surface area contributed by atoms with Gasteiger partial charge in [-0.25, -0.2) is 8.42 Å². The molecule has 0 amide bonds. The molecule has 1 rings (SSSR count). The fourth-order valence-corrected chi connectivity index (χ4v) is 4.55. The number of unbranched alkanes of at least 4 members (excludes halogenated alkanes) is 1. The second-order valence-corrected chi connectivity index (χ2v) is 7.68. The van der Waals surface area contributed by atoms with Gasteiger partial charge in [0.1, 0.15) is 6.04 Å². The first-order valence-electron chi connectivity index (χ1n) is 5.98. The number of halogens is 2. The average Bonchev–Trinajstić information content (AvgIpc) is 2.33. The van der Waals surface area contributed by atoms with Gasteiger partial charge in [0.25, 0.3) is 0 Å². The molecular weight excluding hydrogens is 414 g/mol. The van der Waals surface area contributed by atoms with Crippen molar-refractivity contribution in [3.05, 3.63) is 27.1 Å². The predicted molar refractivity (Wildman–Crippen MR) is 83.1 cm³/mol. The van der Waals surface area contributed by atoms with Crippen LogP contribution in [0.25, 0.3) is 0 Å². The molecule has 0 saturated heterocycles. The number of carboxylic acid groups (broad SMARTS) is 1. The zero-order valence-electron chi connectivity index (χ0n) is 10.8. The van der Waals surface area contributed by atoms with Gasteiger partial charge in [0.2, 0.25) is 10.0 Å². The summed E-state index contributed by atoms with van der Waals surface area (Å²) < 4.78 is 27.8. The van der Waals surface area contributed by atoms with Crippen LogP contribution < -0.4 is 4.72 Å². The first kappa shape index (κ1) is 17.6. The lowest BCUT2D eigenvalue weighted by atomic mass is 10.1. The van der Waals surface area contributed by atoms with Crippen LogP contribution in [-0.4, -0.2) is 25.5 Å². The zero-order chi connectivity index (χ0) is 15.3. The van der Waals surface area contributed by atoms with Crippen molar-refractivity contribution in [1.29, 1.82) is 0 Å². The van der Waals surface area contributed by atoms with Crippen molar-refractivity contribution >= 4 is 47.9 Å². The summed E-state index contributed by atoms with van der Waals surface area (Å²) in [4.78, 5) is 11.1. The van der Waals surface area contributed by atoms with Gasteiger partial charge in [-0.15, -0.1) is 0 Å². The molecule has 0 aliphatic rings. The molecule has 8 heteroatoms. The zero-order valence-corrected chi connectivity index (χ0v) is 14.8. The predicted octanol–water partition coefficient (Wildman–Crippen LogP) is 3.13. The van der Waals surface area contributed by atoms with E-state index in [9.17, 15) is 13.2 Å². The Morgan fingerprint density at radius 1 is 1.40 bits per heavy atom. The maximum atomic E-state index is 12.2. The van der Waals surface area contributed by atoms with Crippen LogP contribution in [0.3, 0.4) is 0 Å². The highest BCUT2D eigenvalue weighted by Gasteiger charge is 2.26. The molecule has 20 heavy (non-hydrogen) atoms. The third-order valence-electron chi connectivity index (χ3n) is 2.63. The van der Waals surface area contributed by atoms with Crippen LogP contribution in [0, 0.1) is 0 Å². The summed E-state index contributed by atoms with van der Waals surface area (Å²) in [6, 6.07) is 3.47. The van der Waals surface area contributed by atoms with E-state index >= 15 is 0 Å². The number of hydrogen-bond donors (Lipinski definition) is 2. The Morgan fingerprint density at radius 3 is 2.55 bits per heavy atom. The number of aliphatic carboxylic acids is 1. The highest BCUT2D eigenvalue weighted by atomic mass is 79.9. The molecule has 5 nitrogen and oxygen atoms in total. The summed E-state index contributed by atoms with van der Waals surface area (Å²) in [5.74, 6) is -1.17. The molecular formula is C12H15Br2NO4S. The van der Waals surface area contributed by atoms with Crippen molar-refractivity contribution in [3.8, 4) is 0 Å². The highest BCUT2D eigenvalue weighted by molar-refractivity contribution is 9.11. The maximum Gasteiger partial charge on any atom is 0.321 e. The SMILES string of the molecule is CCCC[C@H](NS(=O)(=O)c1ccc(Br)cc1Br)C(=O)O. The molecule has 1 atom stereocenters. The Labute approximate surface area is 135 Å². The highest BCUT2D eigenvalue weighted by Crippen LogP contribution is 2.26. The van der Waals surface area contributed by atoms with Gasteiger partial charge in [-0.2, -0.15) is 4.72 Å². The number of hydrogen-bond acceptors (Lipinski definition) is 3. The molecule has 0 heterocycles. The van der Waals surface area contributed by atoms with E-state index < -0.39 is 22.0 Å². The molecule has 0 fully saturated rings. The fraction of sp³-hybridized carbons (Fsp3) is 0.417. The van der Waals surface area contributed by atoms with Crippen molar-refractivity contribution in [3.63, 3.8) is 0 Å². The van der Waals surface area contributed by atoms with Crippen LogP contribution in [0.1, 0.15) is 26.2 Å². The summed E-state index contributed by atoms with van der Waals surface area (Å²) in [5, 5.41) is 9.08. The third kappa shape index (κ3) is 4.83. The number of benzene rings is 1. The largest absolute Gasteiger partial charge is 0.480 e. The summed E-state index contributed by atoms with van der Waals surface area (Å²) in [6.07, 6.45) is 1.70. The molecule has 1 aromatic rings. The Kier molecular flexibility index (Phi) is 6.63. The standard InChI is InChI=1S/C12H15Br2NO4S/c1-2-3-4-10(12(16)17)15-20(18,19)11-6-5-8(13)7-9(11)14/h5-7,10,15H,2-4H2,1H3,(H,16,17)/t10-/m0/s1. The molecule has 0 aliphatic heterocycles. The molecule has 0 radical (unpaired) electrons. The van der Waals surface area contributed by atoms with Crippen molar-refractivity contribution < 1.29 is 18.3 Å². The monoisotopic (exact) mass is 427 g/mol. The van der Waals surface area contributed by atoms with Crippen molar-refractivity contribution in [2.45, 2.75) is 37.1 Å². The maximum absolute atomic E-state index is 12.2. The van der Waals surface area contributed by atoms with Crippen molar-refractivity contribution in [1.82, 2.24) is 4.72 Å². The minimum absolute atomic E-state index is 0.0171. The third-order valence-corrected chi connectivity index (χ3v) is 5.57. The fourth-order valence-electron chi connectivity index (χ4n) is 1.58. The van der Waals surface area contributed by atoms with E-state index in [1.807, 2.05) is 6.92 Å². The van der Waals surface area contributed by atoms with E-state index in [1.165, 1.54) is 6.07 Å². The van der Waals surface area contributed by atoms with E-state index in [1.54, 1.807) is 12.1 Å². The lowest BCUT2D eigenvalue weighted by Gasteiger charge is -2.15.